The third-order valence-electron chi connectivity index (χ3n) is 3.51. The van der Waals surface area contributed by atoms with Gasteiger partial charge in [-0.1, -0.05) is 36.4 Å². The zero-order valence-electron chi connectivity index (χ0n) is 12.8. The van der Waals surface area contributed by atoms with Crippen LogP contribution in [-0.2, 0) is 17.8 Å². The first-order chi connectivity index (χ1) is 11.7. The first-order valence-electron chi connectivity index (χ1n) is 7.44. The number of aromatic nitrogens is 1. The van der Waals surface area contributed by atoms with Crippen LogP contribution < -0.4 is 11.1 Å². The highest BCUT2D eigenvalue weighted by Gasteiger charge is 2.12. The van der Waals surface area contributed by atoms with Gasteiger partial charge in [0.1, 0.15) is 10.8 Å². The number of benzene rings is 2. The number of nitrogens with one attached hydrogen (secondary N) is 1. The average Bonchev–Trinajstić information content (AvgIpc) is 3.05. The Balaban J connectivity index is 1.72. The summed E-state index contributed by atoms with van der Waals surface area (Å²) in [5, 5.41) is 5.22. The molecule has 0 saturated heterocycles. The highest BCUT2D eigenvalue weighted by atomic mass is 32.1. The lowest BCUT2D eigenvalue weighted by molar-refractivity contribution is -0.115. The fourth-order valence-corrected chi connectivity index (χ4v) is 3.22. The lowest BCUT2D eigenvalue weighted by Crippen LogP contribution is -2.15. The molecule has 0 unspecified atom stereocenters. The summed E-state index contributed by atoms with van der Waals surface area (Å²) in [6.45, 7) is 0.429. The molecule has 3 rings (SSSR count). The molecular formula is C18H16FN3OS. The van der Waals surface area contributed by atoms with E-state index in [2.05, 4.69) is 10.3 Å². The molecule has 24 heavy (non-hydrogen) atoms. The number of nitrogens with zero attached hydrogens (tertiary/aromatic N) is 1. The smallest absolute Gasteiger partial charge is 0.230 e. The van der Waals surface area contributed by atoms with Crippen molar-refractivity contribution < 1.29 is 9.18 Å². The second-order valence-corrected chi connectivity index (χ2v) is 6.07. The minimum atomic E-state index is -0.457. The minimum Gasteiger partial charge on any atom is -0.326 e. The van der Waals surface area contributed by atoms with Crippen molar-refractivity contribution >= 4 is 22.9 Å². The number of para-hydroxylation sites is 1. The van der Waals surface area contributed by atoms with Crippen LogP contribution in [0, 0.1) is 5.82 Å². The second kappa shape index (κ2) is 7.33. The van der Waals surface area contributed by atoms with Gasteiger partial charge in [0, 0.05) is 17.5 Å². The molecule has 3 aromatic rings. The summed E-state index contributed by atoms with van der Waals surface area (Å²) < 4.78 is 13.6. The molecule has 0 fully saturated rings. The molecular weight excluding hydrogens is 325 g/mol. The number of carbonyl (C=O) groups is 1. The number of nitrogens with two attached hydrogens (primary N) is 1. The monoisotopic (exact) mass is 341 g/mol. The molecule has 0 saturated carbocycles. The molecule has 1 heterocycles. The molecule has 122 valence electrons. The maximum atomic E-state index is 13.6. The largest absolute Gasteiger partial charge is 0.326 e. The summed E-state index contributed by atoms with van der Waals surface area (Å²) in [5.74, 6) is -0.759. The van der Waals surface area contributed by atoms with E-state index < -0.39 is 5.82 Å². The van der Waals surface area contributed by atoms with Gasteiger partial charge in [-0.15, -0.1) is 11.3 Å². The van der Waals surface area contributed by atoms with Crippen molar-refractivity contribution in [2.45, 2.75) is 13.0 Å². The van der Waals surface area contributed by atoms with Gasteiger partial charge < -0.3 is 11.1 Å². The zero-order chi connectivity index (χ0) is 16.9. The second-order valence-electron chi connectivity index (χ2n) is 5.21. The minimum absolute atomic E-state index is 0.0929. The van der Waals surface area contributed by atoms with Crippen LogP contribution in [-0.4, -0.2) is 10.9 Å². The molecule has 4 nitrogen and oxygen atoms in total. The SMILES string of the molecule is NCc1ccccc1-c1nc(CC(=O)Nc2ccccc2F)cs1. The van der Waals surface area contributed by atoms with Gasteiger partial charge in [0.2, 0.25) is 5.91 Å². The summed E-state index contributed by atoms with van der Waals surface area (Å²) in [5.41, 5.74) is 8.56. The van der Waals surface area contributed by atoms with E-state index in [0.717, 1.165) is 16.1 Å². The number of carbonyl (C=O) groups excluding carboxylic acids is 1. The van der Waals surface area contributed by atoms with Crippen LogP contribution in [0.15, 0.2) is 53.9 Å². The molecule has 3 N–H and O–H groups in total. The van der Waals surface area contributed by atoms with E-state index in [1.165, 1.54) is 23.5 Å². The maximum Gasteiger partial charge on any atom is 0.230 e. The third kappa shape index (κ3) is 3.67. The molecule has 0 aliphatic carbocycles. The first kappa shape index (κ1) is 16.3. The quantitative estimate of drug-likeness (QED) is 0.745. The number of hydrogen-bond donors (Lipinski definition) is 2. The molecule has 0 atom stereocenters. The number of amides is 1. The lowest BCUT2D eigenvalue weighted by atomic mass is 10.1. The number of thiazole rings is 1. The van der Waals surface area contributed by atoms with Crippen molar-refractivity contribution in [3.63, 3.8) is 0 Å². The van der Waals surface area contributed by atoms with Crippen molar-refractivity contribution in [3.8, 4) is 10.6 Å². The normalized spacial score (nSPS) is 10.6. The highest BCUT2D eigenvalue weighted by Crippen LogP contribution is 2.27. The van der Waals surface area contributed by atoms with Crippen molar-refractivity contribution in [1.29, 1.82) is 0 Å². The van der Waals surface area contributed by atoms with E-state index in [1.54, 1.807) is 12.1 Å². The van der Waals surface area contributed by atoms with Crippen LogP contribution in [0.3, 0.4) is 0 Å². The Morgan fingerprint density at radius 1 is 1.17 bits per heavy atom. The van der Waals surface area contributed by atoms with Gasteiger partial charge in [-0.05, 0) is 17.7 Å². The summed E-state index contributed by atoms with van der Waals surface area (Å²) in [6, 6.07) is 13.9. The predicted octanol–water partition coefficient (Wildman–Crippen LogP) is 3.59. The van der Waals surface area contributed by atoms with Crippen LogP contribution in [0.4, 0.5) is 10.1 Å². The molecule has 0 bridgehead atoms. The molecule has 1 amide bonds. The van der Waals surface area contributed by atoms with E-state index in [9.17, 15) is 9.18 Å². The molecule has 0 aliphatic heterocycles. The van der Waals surface area contributed by atoms with Crippen molar-refractivity contribution in [1.82, 2.24) is 4.98 Å². The van der Waals surface area contributed by atoms with Crippen LogP contribution >= 0.6 is 11.3 Å². The Morgan fingerprint density at radius 2 is 1.92 bits per heavy atom. The van der Waals surface area contributed by atoms with E-state index in [-0.39, 0.29) is 18.0 Å². The predicted molar refractivity (Wildman–Crippen MR) is 94.2 cm³/mol. The molecule has 0 spiro atoms. The summed E-state index contributed by atoms with van der Waals surface area (Å²) >= 11 is 1.46. The number of anilines is 1. The van der Waals surface area contributed by atoms with Crippen LogP contribution in [0.25, 0.3) is 10.6 Å². The summed E-state index contributed by atoms with van der Waals surface area (Å²) in [7, 11) is 0. The molecule has 0 aliphatic rings. The van der Waals surface area contributed by atoms with Crippen LogP contribution in [0.5, 0.6) is 0 Å². The maximum absolute atomic E-state index is 13.6. The topological polar surface area (TPSA) is 68.0 Å². The van der Waals surface area contributed by atoms with E-state index >= 15 is 0 Å². The van der Waals surface area contributed by atoms with Crippen molar-refractivity contribution in [2.24, 2.45) is 5.73 Å². The Kier molecular flexibility index (Phi) is 4.98. The van der Waals surface area contributed by atoms with Crippen LogP contribution in [0.1, 0.15) is 11.3 Å². The van der Waals surface area contributed by atoms with Gasteiger partial charge in [-0.25, -0.2) is 9.37 Å². The van der Waals surface area contributed by atoms with E-state index in [0.29, 0.717) is 12.2 Å². The molecule has 6 heteroatoms. The fraction of sp³-hybridized carbons (Fsp3) is 0.111. The molecule has 1 aromatic heterocycles. The Hall–Kier alpha value is -2.57. The average molecular weight is 341 g/mol. The fourth-order valence-electron chi connectivity index (χ4n) is 2.34. The van der Waals surface area contributed by atoms with Gasteiger partial charge in [0.05, 0.1) is 17.8 Å². The molecule has 0 radical (unpaired) electrons. The van der Waals surface area contributed by atoms with Crippen molar-refractivity contribution in [3.05, 3.63) is 71.0 Å². The number of rotatable bonds is 5. The third-order valence-corrected chi connectivity index (χ3v) is 4.43. The zero-order valence-corrected chi connectivity index (χ0v) is 13.6. The Morgan fingerprint density at radius 3 is 2.71 bits per heavy atom. The van der Waals surface area contributed by atoms with Crippen molar-refractivity contribution in [2.75, 3.05) is 5.32 Å². The van der Waals surface area contributed by atoms with Gasteiger partial charge in [0.25, 0.3) is 0 Å². The Bertz CT molecular complexity index is 863. The van der Waals surface area contributed by atoms with Gasteiger partial charge in [0.15, 0.2) is 0 Å². The summed E-state index contributed by atoms with van der Waals surface area (Å²) in [4.78, 5) is 16.6. The lowest BCUT2D eigenvalue weighted by Gasteiger charge is -2.05. The van der Waals surface area contributed by atoms with Gasteiger partial charge in [-0.2, -0.15) is 0 Å². The number of hydrogen-bond acceptors (Lipinski definition) is 4. The van der Waals surface area contributed by atoms with Gasteiger partial charge >= 0.3 is 0 Å². The first-order valence-corrected chi connectivity index (χ1v) is 8.32. The summed E-state index contributed by atoms with van der Waals surface area (Å²) in [6.07, 6.45) is 0.0929. The van der Waals surface area contributed by atoms with E-state index in [1.807, 2.05) is 29.6 Å². The Labute approximate surface area is 143 Å². The van der Waals surface area contributed by atoms with Gasteiger partial charge in [-0.3, -0.25) is 4.79 Å². The standard InChI is InChI=1S/C18H16FN3OS/c19-15-7-3-4-8-16(15)22-17(23)9-13-11-24-18(21-13)14-6-2-1-5-12(14)10-20/h1-8,11H,9-10,20H2,(H,22,23). The molecule has 2 aromatic carbocycles. The van der Waals surface area contributed by atoms with Crippen LogP contribution in [0.2, 0.25) is 0 Å². The number of halogens is 1. The van der Waals surface area contributed by atoms with E-state index in [4.69, 9.17) is 5.73 Å². The highest BCUT2D eigenvalue weighted by molar-refractivity contribution is 7.13.